The van der Waals surface area contributed by atoms with Crippen LogP contribution < -0.4 is 5.73 Å². The van der Waals surface area contributed by atoms with Crippen LogP contribution in [0.15, 0.2) is 85.1 Å². The molecule has 446 valence electrons. The molecule has 3 N–H and O–H groups in total. The summed E-state index contributed by atoms with van der Waals surface area (Å²) in [5.74, 6) is -0.825. The van der Waals surface area contributed by atoms with Crippen molar-refractivity contribution in [1.29, 1.82) is 0 Å². The third-order valence-corrected chi connectivity index (χ3v) is 14.7. The number of hydrogen-bond acceptors (Lipinski definition) is 8. The lowest BCUT2D eigenvalue weighted by molar-refractivity contribution is -0.161. The first-order chi connectivity index (χ1) is 37.8. The van der Waals surface area contributed by atoms with Gasteiger partial charge in [-0.1, -0.05) is 279 Å². The van der Waals surface area contributed by atoms with Crippen molar-refractivity contribution in [3.8, 4) is 0 Å². The topological polar surface area (TPSA) is 134 Å². The minimum atomic E-state index is -4.39. The van der Waals surface area contributed by atoms with Gasteiger partial charge in [-0.2, -0.15) is 0 Å². The fourth-order valence-corrected chi connectivity index (χ4v) is 9.81. The van der Waals surface area contributed by atoms with Crippen LogP contribution in [0.1, 0.15) is 296 Å². The van der Waals surface area contributed by atoms with Gasteiger partial charge in [0.15, 0.2) is 6.10 Å². The van der Waals surface area contributed by atoms with Crippen molar-refractivity contribution in [3.63, 3.8) is 0 Å². The van der Waals surface area contributed by atoms with Gasteiger partial charge in [-0.05, 0) is 89.9 Å². The van der Waals surface area contributed by atoms with Gasteiger partial charge >= 0.3 is 19.8 Å². The van der Waals surface area contributed by atoms with Crippen molar-refractivity contribution in [2.24, 2.45) is 5.73 Å². The van der Waals surface area contributed by atoms with Gasteiger partial charge in [-0.15, -0.1) is 0 Å². The van der Waals surface area contributed by atoms with E-state index in [-0.39, 0.29) is 38.6 Å². The second-order valence-electron chi connectivity index (χ2n) is 21.2. The number of rotatable bonds is 60. The van der Waals surface area contributed by atoms with Crippen LogP contribution in [0.4, 0.5) is 0 Å². The molecule has 0 rings (SSSR count). The summed E-state index contributed by atoms with van der Waals surface area (Å²) in [7, 11) is -4.39. The molecule has 2 atom stereocenters. The molecule has 2 unspecified atom stereocenters. The average Bonchev–Trinajstić information content (AvgIpc) is 3.42. The molecule has 0 aliphatic carbocycles. The van der Waals surface area contributed by atoms with Gasteiger partial charge < -0.3 is 20.1 Å². The van der Waals surface area contributed by atoms with E-state index < -0.39 is 26.5 Å². The Labute approximate surface area is 474 Å². The Morgan fingerprint density at radius 3 is 1.06 bits per heavy atom. The lowest BCUT2D eigenvalue weighted by Crippen LogP contribution is -2.29. The minimum Gasteiger partial charge on any atom is -0.462 e. The first-order valence-corrected chi connectivity index (χ1v) is 33.6. The normalized spacial score (nSPS) is 13.6. The Bertz CT molecular complexity index is 1530. The highest BCUT2D eigenvalue weighted by atomic mass is 31.2. The Hall–Kier alpha value is -2.81. The maximum absolute atomic E-state index is 12.7. The first kappa shape index (κ1) is 74.2. The van der Waals surface area contributed by atoms with Gasteiger partial charge in [0.25, 0.3) is 0 Å². The van der Waals surface area contributed by atoms with Crippen molar-refractivity contribution in [2.75, 3.05) is 26.4 Å². The molecule has 0 bridgehead atoms. The van der Waals surface area contributed by atoms with E-state index in [4.69, 9.17) is 24.3 Å². The maximum atomic E-state index is 12.7. The summed E-state index contributed by atoms with van der Waals surface area (Å²) in [5.41, 5.74) is 5.39. The van der Waals surface area contributed by atoms with Gasteiger partial charge in [-0.25, -0.2) is 4.57 Å². The molecule has 0 aromatic heterocycles. The van der Waals surface area contributed by atoms with Gasteiger partial charge in [0.05, 0.1) is 13.2 Å². The molecule has 0 heterocycles. The van der Waals surface area contributed by atoms with Crippen LogP contribution in [0.3, 0.4) is 0 Å². The fourth-order valence-electron chi connectivity index (χ4n) is 9.05. The van der Waals surface area contributed by atoms with Crippen LogP contribution in [0.2, 0.25) is 0 Å². The number of carbonyl (C=O) groups is 2. The number of unbranched alkanes of at least 4 members (excludes halogenated alkanes) is 33. The van der Waals surface area contributed by atoms with Gasteiger partial charge in [0.1, 0.15) is 6.61 Å². The second-order valence-corrected chi connectivity index (χ2v) is 22.7. The van der Waals surface area contributed by atoms with Crippen molar-refractivity contribution >= 4 is 19.8 Å². The van der Waals surface area contributed by atoms with Crippen molar-refractivity contribution in [3.05, 3.63) is 85.1 Å². The van der Waals surface area contributed by atoms with Crippen LogP contribution in [0.5, 0.6) is 0 Å². The van der Waals surface area contributed by atoms with Crippen LogP contribution >= 0.6 is 7.82 Å². The van der Waals surface area contributed by atoms with Gasteiger partial charge in [0, 0.05) is 19.4 Å². The van der Waals surface area contributed by atoms with E-state index in [9.17, 15) is 19.0 Å². The lowest BCUT2D eigenvalue weighted by Gasteiger charge is -2.19. The summed E-state index contributed by atoms with van der Waals surface area (Å²) in [6.07, 6.45) is 82.3. The number of phosphoric acid groups is 1. The molecule has 0 amide bonds. The largest absolute Gasteiger partial charge is 0.472 e. The Kier molecular flexibility index (Phi) is 60.1. The monoisotopic (exact) mass is 1100 g/mol. The molecule has 0 aliphatic rings. The summed E-state index contributed by atoms with van der Waals surface area (Å²) in [5, 5.41) is 0. The van der Waals surface area contributed by atoms with Crippen molar-refractivity contribution in [2.45, 2.75) is 302 Å². The number of ether oxygens (including phenoxy) is 2. The highest BCUT2D eigenvalue weighted by Gasteiger charge is 2.26. The molecular formula is C67H120NO8P. The standard InChI is InChI=1S/C67H120NO8P/c1-3-5-7-9-11-13-15-17-19-21-23-25-27-28-29-30-31-32-33-34-35-36-38-39-41-43-45-47-49-51-53-55-57-59-66(69)73-63-65(64-75-77(71,72)74-62-61-68)76-67(70)60-58-56-54-52-50-48-46-44-42-40-37-26-24-22-20-18-16-14-12-10-8-6-4-2/h6,8,12,14-15,17-18,20-21,23-24,26-28,65H,3-5,7,9-11,13,16,19,22,25,29-64,68H2,1-2H3,(H,71,72)/b8-6-,14-12-,17-15-,20-18-,23-21-,26-24-,28-27-. The quantitative estimate of drug-likeness (QED) is 0.0264. The minimum absolute atomic E-state index is 0.0505. The predicted octanol–water partition coefficient (Wildman–Crippen LogP) is 20.6. The van der Waals surface area contributed by atoms with E-state index in [1.54, 1.807) is 0 Å². The molecule has 0 saturated heterocycles. The zero-order valence-corrected chi connectivity index (χ0v) is 50.8. The van der Waals surface area contributed by atoms with E-state index in [1.165, 1.54) is 180 Å². The number of nitrogens with two attached hydrogens (primary N) is 1. The number of carbonyl (C=O) groups excluding carboxylic acids is 2. The summed E-state index contributed by atoms with van der Waals surface area (Å²) in [6, 6.07) is 0. The Morgan fingerprint density at radius 1 is 0.403 bits per heavy atom. The Balaban J connectivity index is 3.89. The molecule has 0 radical (unpaired) electrons. The van der Waals surface area contributed by atoms with E-state index in [0.29, 0.717) is 6.42 Å². The molecule has 10 heteroatoms. The highest BCUT2D eigenvalue weighted by Crippen LogP contribution is 2.43. The van der Waals surface area contributed by atoms with Crippen molar-refractivity contribution < 1.29 is 37.6 Å². The van der Waals surface area contributed by atoms with Crippen LogP contribution in [-0.4, -0.2) is 49.3 Å². The molecule has 9 nitrogen and oxygen atoms in total. The van der Waals surface area contributed by atoms with Gasteiger partial charge in [-0.3, -0.25) is 18.6 Å². The Morgan fingerprint density at radius 2 is 0.714 bits per heavy atom. The fraction of sp³-hybridized carbons (Fsp3) is 0.761. The zero-order chi connectivity index (χ0) is 55.9. The summed E-state index contributed by atoms with van der Waals surface area (Å²) in [4.78, 5) is 35.3. The SMILES string of the molecule is CC/C=C\C/C=C\C/C=C\C/C=C\CCCCCCCCCCCCC(=O)OC(COC(=O)CCCCCCCCCCCCCCCCCCCC/C=C\C/C=C\C/C=C\CCCCCCC)COP(=O)(O)OCCN. The third-order valence-electron chi connectivity index (χ3n) is 13.8. The zero-order valence-electron chi connectivity index (χ0n) is 49.9. The smallest absolute Gasteiger partial charge is 0.462 e. The molecule has 77 heavy (non-hydrogen) atoms. The van der Waals surface area contributed by atoms with E-state index in [0.717, 1.165) is 83.5 Å². The van der Waals surface area contributed by atoms with Crippen molar-refractivity contribution in [1.82, 2.24) is 0 Å². The van der Waals surface area contributed by atoms with E-state index >= 15 is 0 Å². The summed E-state index contributed by atoms with van der Waals surface area (Å²) < 4.78 is 33.1. The first-order valence-electron chi connectivity index (χ1n) is 32.1. The third kappa shape index (κ3) is 62.3. The molecule has 0 spiro atoms. The number of allylic oxidation sites excluding steroid dienone is 14. The maximum Gasteiger partial charge on any atom is 0.472 e. The number of esters is 2. The lowest BCUT2D eigenvalue weighted by atomic mass is 10.0. The second kappa shape index (κ2) is 62.4. The number of hydrogen-bond donors (Lipinski definition) is 2. The molecule has 0 aromatic carbocycles. The van der Waals surface area contributed by atoms with Crippen LogP contribution in [0, 0.1) is 0 Å². The molecule has 0 aliphatic heterocycles. The highest BCUT2D eigenvalue weighted by molar-refractivity contribution is 7.47. The average molecular weight is 1100 g/mol. The molecular weight excluding hydrogens is 978 g/mol. The van der Waals surface area contributed by atoms with Gasteiger partial charge in [0.2, 0.25) is 0 Å². The van der Waals surface area contributed by atoms with Crippen LogP contribution in [-0.2, 0) is 32.7 Å². The molecule has 0 aromatic rings. The predicted molar refractivity (Wildman–Crippen MR) is 330 cm³/mol. The number of phosphoric ester groups is 1. The molecule has 0 saturated carbocycles. The van der Waals surface area contributed by atoms with E-state index in [2.05, 4.69) is 98.9 Å². The van der Waals surface area contributed by atoms with E-state index in [1.807, 2.05) is 0 Å². The van der Waals surface area contributed by atoms with Crippen LogP contribution in [0.25, 0.3) is 0 Å². The molecule has 0 fully saturated rings. The summed E-state index contributed by atoms with van der Waals surface area (Å²) >= 11 is 0. The summed E-state index contributed by atoms with van der Waals surface area (Å²) in [6.45, 7) is 3.64.